The maximum atomic E-state index is 13.2. The Balaban J connectivity index is 1.50. The summed E-state index contributed by atoms with van der Waals surface area (Å²) in [7, 11) is 3.29. The van der Waals surface area contributed by atoms with Crippen LogP contribution in [0.25, 0.3) is 0 Å². The molecule has 194 valence electrons. The summed E-state index contributed by atoms with van der Waals surface area (Å²) in [4.78, 5) is 13.2. The highest BCUT2D eigenvalue weighted by atomic mass is 32.1. The third kappa shape index (κ3) is 5.96. The molecule has 5 nitrogen and oxygen atoms in total. The zero-order valence-electron chi connectivity index (χ0n) is 22.3. The summed E-state index contributed by atoms with van der Waals surface area (Å²) in [6.07, 6.45) is 4.16. The maximum Gasteiger partial charge on any atom is 0.193 e. The van der Waals surface area contributed by atoms with Crippen molar-refractivity contribution in [3.63, 3.8) is 0 Å². The van der Waals surface area contributed by atoms with Crippen LogP contribution in [0.3, 0.4) is 0 Å². The average Bonchev–Trinajstić information content (AvgIpc) is 3.36. The van der Waals surface area contributed by atoms with Gasteiger partial charge in [0, 0.05) is 16.8 Å². The fourth-order valence-corrected chi connectivity index (χ4v) is 5.32. The Morgan fingerprint density at radius 2 is 1.54 bits per heavy atom. The molecule has 0 saturated heterocycles. The predicted molar refractivity (Wildman–Crippen MR) is 154 cm³/mol. The zero-order chi connectivity index (χ0) is 26.6. The van der Waals surface area contributed by atoms with Gasteiger partial charge in [0.1, 0.15) is 0 Å². The molecule has 1 fully saturated rings. The highest BCUT2D eigenvalue weighted by Gasteiger charge is 2.37. The van der Waals surface area contributed by atoms with Gasteiger partial charge in [-0.3, -0.25) is 4.79 Å². The van der Waals surface area contributed by atoms with Crippen molar-refractivity contribution in [2.24, 2.45) is 0 Å². The Morgan fingerprint density at radius 3 is 2.16 bits per heavy atom. The number of carbonyl (C=O) groups is 1. The molecule has 4 rings (SSSR count). The number of carbonyl (C=O) groups excluding carboxylic acids is 1. The molecule has 1 saturated carbocycles. The number of ether oxygens (including phenoxy) is 2. The maximum absolute atomic E-state index is 13.2. The van der Waals surface area contributed by atoms with Crippen LogP contribution in [0.1, 0.15) is 73.5 Å². The highest BCUT2D eigenvalue weighted by Crippen LogP contribution is 2.42. The molecule has 0 radical (unpaired) electrons. The van der Waals surface area contributed by atoms with Crippen LogP contribution in [0, 0.1) is 0 Å². The average molecular weight is 517 g/mol. The first-order chi connectivity index (χ1) is 17.6. The minimum Gasteiger partial charge on any atom is -0.493 e. The van der Waals surface area contributed by atoms with E-state index >= 15 is 0 Å². The summed E-state index contributed by atoms with van der Waals surface area (Å²) in [5, 5.41) is 7.41. The Bertz CT molecular complexity index is 1270. The molecule has 0 unspecified atom stereocenters. The van der Waals surface area contributed by atoms with Crippen LogP contribution in [0.15, 0.2) is 66.7 Å². The lowest BCUT2D eigenvalue weighted by atomic mass is 9.86. The normalized spacial score (nSPS) is 14.6. The topological polar surface area (TPSA) is 59.6 Å². The summed E-state index contributed by atoms with van der Waals surface area (Å²) in [6.45, 7) is 6.49. The van der Waals surface area contributed by atoms with E-state index < -0.39 is 0 Å². The molecule has 0 bridgehead atoms. The van der Waals surface area contributed by atoms with Gasteiger partial charge in [0.15, 0.2) is 22.4 Å². The van der Waals surface area contributed by atoms with E-state index in [1.807, 2.05) is 60.7 Å². The molecule has 3 aromatic rings. The van der Waals surface area contributed by atoms with Crippen molar-refractivity contribution in [1.29, 1.82) is 0 Å². The van der Waals surface area contributed by atoms with Crippen LogP contribution in [0.4, 0.5) is 5.69 Å². The third-order valence-corrected chi connectivity index (χ3v) is 7.35. The Hall–Kier alpha value is -3.38. The Labute approximate surface area is 225 Å². The Kier molecular flexibility index (Phi) is 7.88. The van der Waals surface area contributed by atoms with Crippen molar-refractivity contribution in [1.82, 2.24) is 5.32 Å². The van der Waals surface area contributed by atoms with Gasteiger partial charge in [0.05, 0.1) is 19.8 Å². The lowest BCUT2D eigenvalue weighted by Crippen LogP contribution is -2.45. The summed E-state index contributed by atoms with van der Waals surface area (Å²) in [5.41, 5.74) is 4.14. The molecule has 2 N–H and O–H groups in total. The number of thiocarbonyl (C=S) groups is 1. The van der Waals surface area contributed by atoms with Crippen LogP contribution < -0.4 is 20.1 Å². The fraction of sp³-hybridized carbons (Fsp3) is 0.355. The van der Waals surface area contributed by atoms with Gasteiger partial charge in [-0.1, -0.05) is 76.1 Å². The van der Waals surface area contributed by atoms with Gasteiger partial charge in [-0.15, -0.1) is 0 Å². The van der Waals surface area contributed by atoms with Crippen molar-refractivity contribution in [2.45, 2.75) is 57.4 Å². The van der Waals surface area contributed by atoms with Gasteiger partial charge in [-0.05, 0) is 65.9 Å². The van der Waals surface area contributed by atoms with E-state index in [-0.39, 0.29) is 16.7 Å². The van der Waals surface area contributed by atoms with Gasteiger partial charge in [0.2, 0.25) is 0 Å². The molecule has 0 heterocycles. The highest BCUT2D eigenvalue weighted by molar-refractivity contribution is 7.80. The summed E-state index contributed by atoms with van der Waals surface area (Å²) in [6, 6.07) is 21.4. The molecule has 0 aliphatic heterocycles. The van der Waals surface area contributed by atoms with Crippen LogP contribution >= 0.6 is 12.2 Å². The van der Waals surface area contributed by atoms with E-state index in [1.165, 1.54) is 5.56 Å². The summed E-state index contributed by atoms with van der Waals surface area (Å²) < 4.78 is 11.0. The number of hydrogen-bond donors (Lipinski definition) is 2. The molecule has 6 heteroatoms. The predicted octanol–water partition coefficient (Wildman–Crippen LogP) is 6.99. The molecule has 37 heavy (non-hydrogen) atoms. The van der Waals surface area contributed by atoms with Crippen LogP contribution in [0.5, 0.6) is 11.5 Å². The van der Waals surface area contributed by atoms with Crippen molar-refractivity contribution >= 4 is 28.8 Å². The Morgan fingerprint density at radius 1 is 0.865 bits per heavy atom. The van der Waals surface area contributed by atoms with Crippen molar-refractivity contribution in [3.05, 3.63) is 89.0 Å². The second-order valence-electron chi connectivity index (χ2n) is 10.7. The van der Waals surface area contributed by atoms with Crippen LogP contribution in [-0.4, -0.2) is 25.1 Å². The van der Waals surface area contributed by atoms with E-state index in [4.69, 9.17) is 21.7 Å². The first-order valence-electron chi connectivity index (χ1n) is 12.7. The van der Waals surface area contributed by atoms with E-state index in [1.54, 1.807) is 14.2 Å². The van der Waals surface area contributed by atoms with Gasteiger partial charge in [0.25, 0.3) is 0 Å². The molecule has 1 aliphatic rings. The van der Waals surface area contributed by atoms with Gasteiger partial charge >= 0.3 is 0 Å². The quantitative estimate of drug-likeness (QED) is 0.261. The monoisotopic (exact) mass is 516 g/mol. The first-order valence-corrected chi connectivity index (χ1v) is 13.1. The largest absolute Gasteiger partial charge is 0.493 e. The van der Waals surface area contributed by atoms with Gasteiger partial charge < -0.3 is 20.1 Å². The number of hydrogen-bond acceptors (Lipinski definition) is 4. The fourth-order valence-electron chi connectivity index (χ4n) is 5.00. The minimum atomic E-state index is -0.286. The van der Waals surface area contributed by atoms with Gasteiger partial charge in [-0.25, -0.2) is 0 Å². The van der Waals surface area contributed by atoms with Crippen LogP contribution in [0.2, 0.25) is 0 Å². The lowest BCUT2D eigenvalue weighted by Gasteiger charge is -2.33. The molecule has 0 amide bonds. The number of nitrogens with one attached hydrogen (secondary N) is 2. The summed E-state index contributed by atoms with van der Waals surface area (Å²) >= 11 is 5.74. The minimum absolute atomic E-state index is 0.0134. The standard InChI is InChI=1S/C31H36N2O3S/c1-30(2,3)23-13-11-21(12-14-23)28(34)22-9-8-10-25(19-22)32-29(37)33-31(17-6-7-18-31)24-15-16-26(35-4)27(20-24)36-5/h8-16,19-20H,6-7,17-18H2,1-5H3,(H2,32,33,37). The third-order valence-electron chi connectivity index (χ3n) is 7.14. The number of rotatable bonds is 7. The zero-order valence-corrected chi connectivity index (χ0v) is 23.1. The van der Waals surface area contributed by atoms with E-state index in [9.17, 15) is 4.79 Å². The van der Waals surface area contributed by atoms with E-state index in [0.29, 0.717) is 27.7 Å². The number of anilines is 1. The van der Waals surface area contributed by atoms with E-state index in [2.05, 4.69) is 37.5 Å². The summed E-state index contributed by atoms with van der Waals surface area (Å²) in [5.74, 6) is 1.39. The SMILES string of the molecule is COc1ccc(C2(NC(=S)Nc3cccc(C(=O)c4ccc(C(C)(C)C)cc4)c3)CCCC2)cc1OC. The second kappa shape index (κ2) is 10.9. The number of benzene rings is 3. The molecular weight excluding hydrogens is 480 g/mol. The molecule has 1 aliphatic carbocycles. The second-order valence-corrected chi connectivity index (χ2v) is 11.1. The first kappa shape index (κ1) is 26.7. The van der Waals surface area contributed by atoms with Crippen molar-refractivity contribution in [2.75, 3.05) is 19.5 Å². The van der Waals surface area contributed by atoms with E-state index in [0.717, 1.165) is 36.9 Å². The molecular formula is C31H36N2O3S. The van der Waals surface area contributed by atoms with Crippen molar-refractivity contribution in [3.8, 4) is 11.5 Å². The van der Waals surface area contributed by atoms with Crippen molar-refractivity contribution < 1.29 is 14.3 Å². The number of methoxy groups -OCH3 is 2. The number of ketones is 1. The van der Waals surface area contributed by atoms with Crippen LogP contribution in [-0.2, 0) is 11.0 Å². The molecule has 0 aromatic heterocycles. The smallest absolute Gasteiger partial charge is 0.193 e. The lowest BCUT2D eigenvalue weighted by molar-refractivity contribution is 0.103. The molecule has 3 aromatic carbocycles. The van der Waals surface area contributed by atoms with Gasteiger partial charge in [-0.2, -0.15) is 0 Å². The molecule has 0 atom stereocenters. The molecule has 0 spiro atoms.